The number of fused-ring (bicyclic) bond motifs is 1. The highest BCUT2D eigenvalue weighted by Crippen LogP contribution is 2.47. The number of ketones is 1. The Balaban J connectivity index is 1.76. The van der Waals surface area contributed by atoms with E-state index in [0.717, 1.165) is 21.3 Å². The van der Waals surface area contributed by atoms with Crippen LogP contribution in [0.1, 0.15) is 35.2 Å². The maximum Gasteiger partial charge on any atom is 0.301 e. The molecule has 1 aliphatic rings. The van der Waals surface area contributed by atoms with Gasteiger partial charge in [-0.3, -0.25) is 14.5 Å². The highest BCUT2D eigenvalue weighted by molar-refractivity contribution is 7.22. The molecule has 1 fully saturated rings. The topological polar surface area (TPSA) is 98.2 Å². The van der Waals surface area contributed by atoms with Gasteiger partial charge in [0.25, 0.3) is 5.78 Å². The van der Waals surface area contributed by atoms with Crippen molar-refractivity contribution in [3.8, 4) is 17.2 Å². The number of Topliss-reactive ketones (excluding diaryl/α,β-unsaturated/α-hetero) is 1. The number of amides is 1. The van der Waals surface area contributed by atoms with E-state index in [2.05, 4.69) is 0 Å². The van der Waals surface area contributed by atoms with Crippen LogP contribution in [0, 0.1) is 13.8 Å². The number of carbonyl (C=O) groups is 2. The number of aliphatic hydroxyl groups is 1. The van der Waals surface area contributed by atoms with Crippen molar-refractivity contribution in [2.75, 3.05) is 25.7 Å². The minimum atomic E-state index is -1.01. The molecule has 1 atom stereocenters. The summed E-state index contributed by atoms with van der Waals surface area (Å²) in [5, 5.41) is 11.8. The molecule has 200 valence electrons. The molecule has 4 aromatic rings. The van der Waals surface area contributed by atoms with E-state index in [-0.39, 0.29) is 11.3 Å². The van der Waals surface area contributed by atoms with Crippen molar-refractivity contribution < 1.29 is 28.9 Å². The number of aromatic nitrogens is 1. The van der Waals surface area contributed by atoms with E-state index < -0.39 is 17.7 Å². The summed E-state index contributed by atoms with van der Waals surface area (Å²) in [4.78, 5) is 33.4. The molecule has 1 aliphatic heterocycles. The maximum absolute atomic E-state index is 13.7. The van der Waals surface area contributed by atoms with Crippen LogP contribution >= 0.6 is 11.3 Å². The van der Waals surface area contributed by atoms with Gasteiger partial charge in [-0.25, -0.2) is 4.98 Å². The molecule has 5 rings (SSSR count). The summed E-state index contributed by atoms with van der Waals surface area (Å²) in [6.07, 6.45) is 0. The molecule has 9 heteroatoms. The second kappa shape index (κ2) is 10.4. The number of rotatable bonds is 7. The molecular formula is C30H28N2O6S. The molecule has 3 aromatic carbocycles. The highest BCUT2D eigenvalue weighted by Gasteiger charge is 2.49. The van der Waals surface area contributed by atoms with Crippen LogP contribution in [0.25, 0.3) is 16.0 Å². The smallest absolute Gasteiger partial charge is 0.301 e. The molecule has 1 aromatic heterocycles. The van der Waals surface area contributed by atoms with Crippen molar-refractivity contribution in [2.24, 2.45) is 0 Å². The molecule has 0 bridgehead atoms. The zero-order valence-corrected chi connectivity index (χ0v) is 23.1. The van der Waals surface area contributed by atoms with Crippen LogP contribution in [-0.4, -0.2) is 42.6 Å². The monoisotopic (exact) mass is 544 g/mol. The predicted octanol–water partition coefficient (Wildman–Crippen LogP) is 5.96. The number of hydrogen-bond donors (Lipinski definition) is 1. The second-order valence-corrected chi connectivity index (χ2v) is 10.2. The number of aliphatic hydroxyl groups excluding tert-OH is 1. The van der Waals surface area contributed by atoms with Crippen molar-refractivity contribution in [2.45, 2.75) is 26.8 Å². The Morgan fingerprint density at radius 1 is 1.00 bits per heavy atom. The Morgan fingerprint density at radius 3 is 2.38 bits per heavy atom. The number of nitrogens with zero attached hydrogens (tertiary/aromatic N) is 2. The Bertz CT molecular complexity index is 1620. The van der Waals surface area contributed by atoms with E-state index in [1.54, 1.807) is 42.5 Å². The van der Waals surface area contributed by atoms with Gasteiger partial charge in [-0.05, 0) is 80.4 Å². The van der Waals surface area contributed by atoms with E-state index in [1.165, 1.54) is 30.5 Å². The van der Waals surface area contributed by atoms with Gasteiger partial charge in [0.05, 0.1) is 36.6 Å². The van der Waals surface area contributed by atoms with Crippen molar-refractivity contribution in [1.82, 2.24) is 4.98 Å². The number of methoxy groups -OCH3 is 2. The number of hydrogen-bond acceptors (Lipinski definition) is 8. The predicted molar refractivity (Wildman–Crippen MR) is 151 cm³/mol. The number of ether oxygens (including phenoxy) is 3. The minimum Gasteiger partial charge on any atom is -0.507 e. The summed E-state index contributed by atoms with van der Waals surface area (Å²) in [7, 11) is 3.04. The summed E-state index contributed by atoms with van der Waals surface area (Å²) in [6, 6.07) is 14.9. The Labute approximate surface area is 230 Å². The molecule has 0 saturated carbocycles. The van der Waals surface area contributed by atoms with Crippen molar-refractivity contribution in [1.29, 1.82) is 0 Å². The van der Waals surface area contributed by atoms with E-state index in [0.29, 0.717) is 40.1 Å². The molecule has 0 aliphatic carbocycles. The van der Waals surface area contributed by atoms with Crippen LogP contribution in [-0.2, 0) is 9.59 Å². The Morgan fingerprint density at radius 2 is 1.72 bits per heavy atom. The summed E-state index contributed by atoms with van der Waals surface area (Å²) in [5.74, 6) is -0.344. The van der Waals surface area contributed by atoms with Crippen molar-refractivity contribution >= 4 is 44.1 Å². The van der Waals surface area contributed by atoms with Gasteiger partial charge in [-0.1, -0.05) is 17.4 Å². The number of carbonyl (C=O) groups excluding carboxylic acids is 2. The van der Waals surface area contributed by atoms with Gasteiger partial charge in [0.2, 0.25) is 0 Å². The van der Waals surface area contributed by atoms with Crippen LogP contribution in [0.15, 0.2) is 60.2 Å². The third-order valence-corrected chi connectivity index (χ3v) is 7.64. The third kappa shape index (κ3) is 4.59. The zero-order valence-electron chi connectivity index (χ0n) is 22.3. The van der Waals surface area contributed by atoms with Crippen molar-refractivity contribution in [3.05, 3.63) is 82.4 Å². The fourth-order valence-electron chi connectivity index (χ4n) is 4.87. The quantitative estimate of drug-likeness (QED) is 0.174. The number of anilines is 1. The van der Waals surface area contributed by atoms with Crippen LogP contribution in [0.5, 0.6) is 17.2 Å². The van der Waals surface area contributed by atoms with Crippen LogP contribution in [0.3, 0.4) is 0 Å². The summed E-state index contributed by atoms with van der Waals surface area (Å²) < 4.78 is 17.5. The number of benzene rings is 3. The average Bonchev–Trinajstić information content (AvgIpc) is 3.46. The summed E-state index contributed by atoms with van der Waals surface area (Å²) in [6.45, 7) is 6.33. The first kappa shape index (κ1) is 26.2. The fraction of sp³-hybridized carbons (Fsp3) is 0.233. The lowest BCUT2D eigenvalue weighted by molar-refractivity contribution is -0.132. The fourth-order valence-corrected chi connectivity index (χ4v) is 6.04. The molecule has 1 saturated heterocycles. The molecular weight excluding hydrogens is 516 g/mol. The highest BCUT2D eigenvalue weighted by atomic mass is 32.1. The largest absolute Gasteiger partial charge is 0.507 e. The maximum atomic E-state index is 13.7. The van der Waals surface area contributed by atoms with Gasteiger partial charge >= 0.3 is 5.91 Å². The molecule has 1 N–H and O–H groups in total. The van der Waals surface area contributed by atoms with Gasteiger partial charge in [0.1, 0.15) is 29.0 Å². The van der Waals surface area contributed by atoms with E-state index in [9.17, 15) is 14.7 Å². The van der Waals surface area contributed by atoms with Gasteiger partial charge in [-0.15, -0.1) is 0 Å². The first-order valence-electron chi connectivity index (χ1n) is 12.4. The van der Waals surface area contributed by atoms with Gasteiger partial charge in [0, 0.05) is 11.1 Å². The van der Waals surface area contributed by atoms with Crippen molar-refractivity contribution in [3.63, 3.8) is 0 Å². The number of aryl methyl sites for hydroxylation is 2. The van der Waals surface area contributed by atoms with Crippen LogP contribution < -0.4 is 19.1 Å². The first-order chi connectivity index (χ1) is 18.8. The molecule has 39 heavy (non-hydrogen) atoms. The summed E-state index contributed by atoms with van der Waals surface area (Å²) >= 11 is 1.32. The lowest BCUT2D eigenvalue weighted by Crippen LogP contribution is -2.29. The van der Waals surface area contributed by atoms with E-state index in [4.69, 9.17) is 19.2 Å². The SMILES string of the molecule is CCOc1ccc(/C(O)=C2\C(=O)C(=O)N(c3nc4c(C)cc(C)cc4s3)[C@@H]2c2cc(OC)ccc2OC)cc1. The lowest BCUT2D eigenvalue weighted by Gasteiger charge is -2.25. The van der Waals surface area contributed by atoms with Crippen LogP contribution in [0.2, 0.25) is 0 Å². The lowest BCUT2D eigenvalue weighted by atomic mass is 9.94. The van der Waals surface area contributed by atoms with Gasteiger partial charge < -0.3 is 19.3 Å². The second-order valence-electron chi connectivity index (χ2n) is 9.16. The van der Waals surface area contributed by atoms with E-state index >= 15 is 0 Å². The number of thiazole rings is 1. The molecule has 0 unspecified atom stereocenters. The first-order valence-corrected chi connectivity index (χ1v) is 13.2. The minimum absolute atomic E-state index is 0.0668. The molecule has 0 radical (unpaired) electrons. The Kier molecular flexibility index (Phi) is 7.01. The Hall–Kier alpha value is -4.37. The van der Waals surface area contributed by atoms with E-state index in [1.807, 2.05) is 32.9 Å². The third-order valence-electron chi connectivity index (χ3n) is 6.64. The summed E-state index contributed by atoms with van der Waals surface area (Å²) in [5.41, 5.74) is 3.58. The standard InChI is InChI=1S/C30H28N2O6S/c1-6-38-19-9-7-18(8-10-19)27(33)24-26(21-15-20(36-4)11-12-22(21)37-5)32(29(35)28(24)34)30-31-25-17(3)13-16(2)14-23(25)39-30/h7-15,26,33H,6H2,1-5H3/b27-24+/t26-/m1/s1. The van der Waals surface area contributed by atoms with Crippen LogP contribution in [0.4, 0.5) is 5.13 Å². The molecule has 8 nitrogen and oxygen atoms in total. The zero-order chi connectivity index (χ0) is 27.8. The normalized spacial score (nSPS) is 16.6. The molecule has 2 heterocycles. The molecule has 1 amide bonds. The average molecular weight is 545 g/mol. The van der Waals surface area contributed by atoms with Gasteiger partial charge in [0.15, 0.2) is 5.13 Å². The van der Waals surface area contributed by atoms with Gasteiger partial charge in [-0.2, -0.15) is 0 Å². The molecule has 0 spiro atoms.